The van der Waals surface area contributed by atoms with Crippen LogP contribution in [-0.4, -0.2) is 110 Å². The van der Waals surface area contributed by atoms with E-state index in [0.29, 0.717) is 19.3 Å². The number of carbonyl (C=O) groups is 1. The molecule has 1 aliphatic rings. The summed E-state index contributed by atoms with van der Waals surface area (Å²) < 4.78 is 11.1. The van der Waals surface area contributed by atoms with E-state index in [9.17, 15) is 40.5 Å². The van der Waals surface area contributed by atoms with Crippen LogP contribution < -0.4 is 5.32 Å². The van der Waals surface area contributed by atoms with Crippen LogP contribution in [-0.2, 0) is 14.3 Å². The van der Waals surface area contributed by atoms with Crippen molar-refractivity contribution in [2.24, 2.45) is 0 Å². The van der Waals surface area contributed by atoms with Crippen LogP contribution in [0.1, 0.15) is 226 Å². The van der Waals surface area contributed by atoms with Crippen LogP contribution in [0.2, 0.25) is 0 Å². The quantitative estimate of drug-likeness (QED) is 0.0218. The fourth-order valence-corrected chi connectivity index (χ4v) is 8.14. The molecule has 0 aliphatic carbocycles. The Morgan fingerprint density at radius 2 is 0.967 bits per heavy atom. The first-order valence-corrected chi connectivity index (χ1v) is 25.1. The third kappa shape index (κ3) is 28.5. The number of rotatable bonds is 42. The van der Waals surface area contributed by atoms with E-state index in [1.54, 1.807) is 0 Å². The van der Waals surface area contributed by atoms with Crippen LogP contribution in [0.25, 0.3) is 0 Å². The van der Waals surface area contributed by atoms with Crippen LogP contribution in [0, 0.1) is 0 Å². The summed E-state index contributed by atoms with van der Waals surface area (Å²) in [5.74, 6) is -0.697. The number of aliphatic hydroxyl groups excluding tert-OH is 7. The Bertz CT molecular complexity index is 986. The molecule has 1 fully saturated rings. The van der Waals surface area contributed by atoms with Crippen molar-refractivity contribution in [1.82, 2.24) is 5.32 Å². The van der Waals surface area contributed by atoms with Gasteiger partial charge in [0.05, 0.1) is 25.4 Å². The summed E-state index contributed by atoms with van der Waals surface area (Å²) in [4.78, 5) is 13.1. The van der Waals surface area contributed by atoms with Gasteiger partial charge in [0, 0.05) is 0 Å². The lowest BCUT2D eigenvalue weighted by atomic mass is 9.98. The maximum atomic E-state index is 13.1. The first-order chi connectivity index (χ1) is 29.2. The van der Waals surface area contributed by atoms with E-state index in [1.807, 2.05) is 0 Å². The smallest absolute Gasteiger partial charge is 0.249 e. The summed E-state index contributed by atoms with van der Waals surface area (Å²) in [6.45, 7) is 3.45. The Morgan fingerprint density at radius 3 is 1.40 bits per heavy atom. The maximum Gasteiger partial charge on any atom is 0.249 e. The Labute approximate surface area is 366 Å². The molecule has 0 radical (unpaired) electrons. The highest BCUT2D eigenvalue weighted by molar-refractivity contribution is 5.80. The van der Waals surface area contributed by atoms with Crippen molar-refractivity contribution >= 4 is 5.91 Å². The lowest BCUT2D eigenvalue weighted by Gasteiger charge is -2.40. The minimum atomic E-state index is -1.66. The summed E-state index contributed by atoms with van der Waals surface area (Å²) >= 11 is 0. The molecule has 356 valence electrons. The van der Waals surface area contributed by atoms with E-state index >= 15 is 0 Å². The van der Waals surface area contributed by atoms with E-state index in [4.69, 9.17) is 9.47 Å². The normalized spacial score (nSPS) is 21.6. The average molecular weight is 858 g/mol. The molecule has 0 spiro atoms. The van der Waals surface area contributed by atoms with Crippen molar-refractivity contribution < 1.29 is 50.0 Å². The maximum absolute atomic E-state index is 13.1. The second-order valence-corrected chi connectivity index (χ2v) is 17.9. The van der Waals surface area contributed by atoms with E-state index in [1.165, 1.54) is 141 Å². The number of ether oxygens (including phenoxy) is 2. The van der Waals surface area contributed by atoms with Crippen molar-refractivity contribution in [2.75, 3.05) is 13.2 Å². The number of unbranched alkanes of at least 4 members (excludes halogenated alkanes) is 28. The van der Waals surface area contributed by atoms with Gasteiger partial charge in [0.1, 0.15) is 36.6 Å². The third-order valence-corrected chi connectivity index (χ3v) is 12.3. The van der Waals surface area contributed by atoms with Crippen molar-refractivity contribution in [1.29, 1.82) is 0 Å². The van der Waals surface area contributed by atoms with Gasteiger partial charge in [0.25, 0.3) is 0 Å². The molecule has 0 unspecified atom stereocenters. The minimum absolute atomic E-state index is 0.263. The van der Waals surface area contributed by atoms with Crippen LogP contribution in [0.5, 0.6) is 0 Å². The molecular formula is C49H95NO10. The predicted octanol–water partition coefficient (Wildman–Crippen LogP) is 8.84. The van der Waals surface area contributed by atoms with E-state index in [-0.39, 0.29) is 6.42 Å². The van der Waals surface area contributed by atoms with Crippen molar-refractivity contribution in [2.45, 2.75) is 281 Å². The molecule has 1 saturated heterocycles. The molecule has 0 bridgehead atoms. The number of hydrogen-bond donors (Lipinski definition) is 8. The van der Waals surface area contributed by atoms with Gasteiger partial charge < -0.3 is 50.5 Å². The monoisotopic (exact) mass is 858 g/mol. The van der Waals surface area contributed by atoms with Crippen LogP contribution >= 0.6 is 0 Å². The van der Waals surface area contributed by atoms with Gasteiger partial charge in [-0.3, -0.25) is 4.79 Å². The molecule has 11 heteroatoms. The summed E-state index contributed by atoms with van der Waals surface area (Å²) in [6.07, 6.45) is 31.1. The van der Waals surface area contributed by atoms with Crippen LogP contribution in [0.4, 0.5) is 0 Å². The first-order valence-electron chi connectivity index (χ1n) is 25.1. The Morgan fingerprint density at radius 1 is 0.567 bits per heavy atom. The zero-order chi connectivity index (χ0) is 44.1. The van der Waals surface area contributed by atoms with Crippen LogP contribution in [0.3, 0.4) is 0 Å². The highest BCUT2D eigenvalue weighted by Crippen LogP contribution is 2.23. The SMILES string of the molecule is CCCCCCCCCCC/C=C/CCCCCCCCC[C@@H](O)[C@@H](O)[C@H](CO[C@@H]1O[C@H](CO)[C@@H](O)[C@H](O)[C@H]1O)NC(=O)[C@@H](O)CCCCCCCCCCCCCCC. The molecule has 60 heavy (non-hydrogen) atoms. The molecule has 1 rings (SSSR count). The molecule has 1 heterocycles. The highest BCUT2D eigenvalue weighted by atomic mass is 16.7. The standard InChI is InChI=1S/C49H95NO10/c1-3-5-7-9-11-13-15-17-18-19-20-21-22-23-25-26-28-30-32-34-36-41(52)44(54)40(39-59-49-47(57)46(56)45(55)43(38-51)60-49)50-48(58)42(53)37-35-33-31-29-27-24-16-14-12-10-8-6-4-2/h20-21,40-47,49,51-57H,3-19,22-39H2,1-2H3,(H,50,58)/b21-20+/t40-,41+,42-,43+,44-,45+,46-,47+,49+/m0/s1. The molecule has 8 N–H and O–H groups in total. The Kier molecular flexibility index (Phi) is 37.4. The Hall–Kier alpha value is -1.15. The molecule has 1 amide bonds. The first kappa shape index (κ1) is 56.9. The molecule has 1 aliphatic heterocycles. The van der Waals surface area contributed by atoms with Crippen molar-refractivity contribution in [3.05, 3.63) is 12.2 Å². The van der Waals surface area contributed by atoms with Crippen molar-refractivity contribution in [3.63, 3.8) is 0 Å². The zero-order valence-corrected chi connectivity index (χ0v) is 38.5. The number of hydrogen-bond acceptors (Lipinski definition) is 10. The largest absolute Gasteiger partial charge is 0.394 e. The number of aliphatic hydroxyl groups is 7. The Balaban J connectivity index is 2.40. The second-order valence-electron chi connectivity index (χ2n) is 17.9. The van der Waals surface area contributed by atoms with Gasteiger partial charge in [-0.2, -0.15) is 0 Å². The van der Waals surface area contributed by atoms with Gasteiger partial charge in [0.15, 0.2) is 6.29 Å². The zero-order valence-electron chi connectivity index (χ0n) is 38.5. The molecular weight excluding hydrogens is 763 g/mol. The summed E-state index contributed by atoms with van der Waals surface area (Å²) in [7, 11) is 0. The van der Waals surface area contributed by atoms with Crippen molar-refractivity contribution in [3.8, 4) is 0 Å². The summed E-state index contributed by atoms with van der Waals surface area (Å²) in [5.41, 5.74) is 0. The topological polar surface area (TPSA) is 189 Å². The fourth-order valence-electron chi connectivity index (χ4n) is 8.14. The average Bonchev–Trinajstić information content (AvgIpc) is 3.25. The van der Waals surface area contributed by atoms with E-state index < -0.39 is 74.2 Å². The summed E-state index contributed by atoms with van der Waals surface area (Å²) in [6, 6.07) is -1.17. The van der Waals surface area contributed by atoms with E-state index in [0.717, 1.165) is 44.9 Å². The number of allylic oxidation sites excluding steroid dienone is 2. The van der Waals surface area contributed by atoms with Gasteiger partial charge in [-0.15, -0.1) is 0 Å². The molecule has 11 nitrogen and oxygen atoms in total. The molecule has 0 saturated carbocycles. The number of nitrogens with one attached hydrogen (secondary N) is 1. The van der Waals surface area contributed by atoms with Gasteiger partial charge in [-0.05, 0) is 38.5 Å². The molecule has 0 aromatic carbocycles. The van der Waals surface area contributed by atoms with Crippen LogP contribution in [0.15, 0.2) is 12.2 Å². The molecule has 9 atom stereocenters. The number of carbonyl (C=O) groups excluding carboxylic acids is 1. The van der Waals surface area contributed by atoms with E-state index in [2.05, 4.69) is 31.3 Å². The minimum Gasteiger partial charge on any atom is -0.394 e. The lowest BCUT2D eigenvalue weighted by molar-refractivity contribution is -0.303. The predicted molar refractivity (Wildman–Crippen MR) is 243 cm³/mol. The van der Waals surface area contributed by atoms with Gasteiger partial charge >= 0.3 is 0 Å². The summed E-state index contributed by atoms with van der Waals surface area (Å²) in [5, 5.41) is 75.8. The highest BCUT2D eigenvalue weighted by Gasteiger charge is 2.44. The molecule has 0 aromatic rings. The molecule has 0 aromatic heterocycles. The fraction of sp³-hybridized carbons (Fsp3) is 0.939. The number of amides is 1. The van der Waals surface area contributed by atoms with Gasteiger partial charge in [-0.25, -0.2) is 0 Å². The van der Waals surface area contributed by atoms with Gasteiger partial charge in [0.2, 0.25) is 5.91 Å². The second kappa shape index (κ2) is 39.4. The third-order valence-electron chi connectivity index (χ3n) is 12.3. The lowest BCUT2D eigenvalue weighted by Crippen LogP contribution is -2.60. The van der Waals surface area contributed by atoms with Gasteiger partial charge in [-0.1, -0.05) is 199 Å².